The first-order chi connectivity index (χ1) is 46.6. The number of nitrogens with zero attached hydrogens (tertiary/aromatic N) is 1. The lowest BCUT2D eigenvalue weighted by Gasteiger charge is -2.26. The van der Waals surface area contributed by atoms with E-state index in [9.17, 15) is 66.0 Å². The number of imide groups is 1. The van der Waals surface area contributed by atoms with E-state index < -0.39 is 143 Å². The molecule has 1 aromatic carbocycles. The Morgan fingerprint density at radius 3 is 1.44 bits per heavy atom. The standard InChI is InChI=1S/C58H96N16O23S/c1-4-39(51(59)81)69-47(77)34-68-53(83)41(13-9-17-65-58(62)63)72-55(85)43(31-38-10-6-5-7-11-38)73-54(84)42(30-37(2)3)71-48(78)35-67-52(82)40(12-8-16-64-57(60)61)70-46(76)33-66-45(75)14-18-90-20-22-92-24-25-94-27-29-96-36-95-28-26-93-23-21-91-19-15-50(80)97-74-49(79)32-44(56(74)86)98(87,88)89/h5-7,10-11,37,39-44H,4,8-9,12-36H2,1-3H3,(H2,59,81)(H,66,75)(H,67,82)(H,68,83)(H,69,77)(H,70,76)(H,71,78)(H,72,85)(H,73,84)(H4,60,61,64)(H4,62,63,65)(H,87,88,89)/t39-,40-,41-,42-,43-,44?/m0/s1. The van der Waals surface area contributed by atoms with Crippen molar-refractivity contribution in [3.05, 3.63) is 35.9 Å². The van der Waals surface area contributed by atoms with Gasteiger partial charge in [0.25, 0.3) is 21.9 Å². The van der Waals surface area contributed by atoms with E-state index in [0.717, 1.165) is 0 Å². The maximum absolute atomic E-state index is 14.2. The van der Waals surface area contributed by atoms with Gasteiger partial charge in [0.15, 0.2) is 17.2 Å². The number of hydrogen-bond acceptors (Lipinski definition) is 24. The zero-order valence-electron chi connectivity index (χ0n) is 55.2. The van der Waals surface area contributed by atoms with Gasteiger partial charge in [0, 0.05) is 25.9 Å². The van der Waals surface area contributed by atoms with Crippen molar-refractivity contribution < 1.29 is 109 Å². The number of guanidine groups is 2. The summed E-state index contributed by atoms with van der Waals surface area (Å²) in [6, 6.07) is 2.49. The molecule has 1 aromatic rings. The minimum absolute atomic E-state index is 0.00209. The summed E-state index contributed by atoms with van der Waals surface area (Å²) in [5, 5.41) is 38.3. The van der Waals surface area contributed by atoms with Crippen LogP contribution in [0.15, 0.2) is 30.3 Å². The molecule has 39 nitrogen and oxygen atoms in total. The van der Waals surface area contributed by atoms with Gasteiger partial charge in [-0.25, -0.2) is 4.79 Å². The average molecular weight is 1420 g/mol. The Morgan fingerprint density at radius 1 is 0.551 bits per heavy atom. The van der Waals surface area contributed by atoms with Gasteiger partial charge in [0.05, 0.1) is 112 Å². The number of ether oxygens (including phenoxy) is 7. The number of nitrogens with one attached hydrogen (secondary N) is 12. The van der Waals surface area contributed by atoms with Crippen LogP contribution in [-0.4, -0.2) is 255 Å². The normalized spacial score (nSPS) is 14.3. The average Bonchev–Trinajstić information content (AvgIpc) is 1.65. The molecule has 98 heavy (non-hydrogen) atoms. The maximum Gasteiger partial charge on any atom is 0.335 e. The molecule has 2 rings (SSSR count). The molecule has 0 saturated carbocycles. The van der Waals surface area contributed by atoms with E-state index in [0.29, 0.717) is 5.56 Å². The van der Waals surface area contributed by atoms with Crippen LogP contribution in [0.4, 0.5) is 0 Å². The molecule has 6 atom stereocenters. The molecule has 0 aliphatic carbocycles. The van der Waals surface area contributed by atoms with Gasteiger partial charge in [-0.1, -0.05) is 51.1 Å². The highest BCUT2D eigenvalue weighted by Gasteiger charge is 2.48. The Hall–Kier alpha value is -8.77. The van der Waals surface area contributed by atoms with Crippen LogP contribution in [0.5, 0.6) is 0 Å². The molecule has 1 saturated heterocycles. The molecule has 552 valence electrons. The van der Waals surface area contributed by atoms with Crippen LogP contribution in [0.1, 0.15) is 84.1 Å². The van der Waals surface area contributed by atoms with Crippen LogP contribution in [-0.2, 0) is 112 Å². The summed E-state index contributed by atoms with van der Waals surface area (Å²) >= 11 is 0. The summed E-state index contributed by atoms with van der Waals surface area (Å²) in [6.45, 7) is 5.50. The fourth-order valence-electron chi connectivity index (χ4n) is 8.52. The highest BCUT2D eigenvalue weighted by molar-refractivity contribution is 7.87. The summed E-state index contributed by atoms with van der Waals surface area (Å²) in [7, 11) is -4.84. The number of carbonyl (C=O) groups is 12. The second-order valence-corrected chi connectivity index (χ2v) is 23.6. The van der Waals surface area contributed by atoms with Crippen molar-refractivity contribution in [2.24, 2.45) is 23.1 Å². The van der Waals surface area contributed by atoms with Gasteiger partial charge in [0.2, 0.25) is 53.2 Å². The van der Waals surface area contributed by atoms with Crippen LogP contribution in [0, 0.1) is 16.7 Å². The molecule has 0 aromatic heterocycles. The minimum atomic E-state index is -4.84. The maximum atomic E-state index is 14.2. The van der Waals surface area contributed by atoms with Crippen molar-refractivity contribution in [2.45, 2.75) is 120 Å². The van der Waals surface area contributed by atoms with Gasteiger partial charge in [-0.3, -0.25) is 68.1 Å². The van der Waals surface area contributed by atoms with Crippen molar-refractivity contribution in [1.29, 1.82) is 10.8 Å². The van der Waals surface area contributed by atoms with E-state index in [4.69, 9.17) is 65.7 Å². The first-order valence-corrected chi connectivity index (χ1v) is 33.0. The lowest BCUT2D eigenvalue weighted by atomic mass is 10.0. The van der Waals surface area contributed by atoms with E-state index in [1.807, 2.05) is 0 Å². The number of amides is 11. The van der Waals surface area contributed by atoms with Gasteiger partial charge in [0.1, 0.15) is 37.0 Å². The first kappa shape index (κ1) is 85.3. The van der Waals surface area contributed by atoms with E-state index in [1.54, 1.807) is 51.1 Å². The molecule has 1 aliphatic heterocycles. The highest BCUT2D eigenvalue weighted by atomic mass is 32.2. The summed E-state index contributed by atoms with van der Waals surface area (Å²) in [6.07, 6.45) is -0.734. The van der Waals surface area contributed by atoms with Gasteiger partial charge in [-0.15, -0.1) is 5.06 Å². The summed E-state index contributed by atoms with van der Waals surface area (Å²) in [5.41, 5.74) is 16.7. The topological polar surface area (TPSA) is 582 Å². The third-order valence-corrected chi connectivity index (χ3v) is 14.6. The van der Waals surface area contributed by atoms with Crippen molar-refractivity contribution in [1.82, 2.24) is 58.2 Å². The van der Waals surface area contributed by atoms with Crippen LogP contribution in [0.3, 0.4) is 0 Å². The third-order valence-electron chi connectivity index (χ3n) is 13.5. The molecule has 11 amide bonds. The number of benzene rings is 1. The smallest absolute Gasteiger partial charge is 0.335 e. The highest BCUT2D eigenvalue weighted by Crippen LogP contribution is 2.20. The molecule has 0 radical (unpaired) electrons. The van der Waals surface area contributed by atoms with Crippen LogP contribution >= 0.6 is 0 Å². The van der Waals surface area contributed by atoms with E-state index in [-0.39, 0.29) is 180 Å². The molecule has 1 fully saturated rings. The van der Waals surface area contributed by atoms with E-state index in [1.165, 1.54) is 0 Å². The van der Waals surface area contributed by atoms with Crippen molar-refractivity contribution >= 4 is 93.0 Å². The molecule has 1 heterocycles. The van der Waals surface area contributed by atoms with Gasteiger partial charge in [-0.2, -0.15) is 8.42 Å². The molecule has 19 N–H and O–H groups in total. The predicted octanol–water partition coefficient (Wildman–Crippen LogP) is -6.20. The van der Waals surface area contributed by atoms with Crippen molar-refractivity contribution in [3.8, 4) is 0 Å². The zero-order chi connectivity index (χ0) is 72.8. The predicted molar refractivity (Wildman–Crippen MR) is 344 cm³/mol. The number of rotatable bonds is 54. The van der Waals surface area contributed by atoms with E-state index >= 15 is 0 Å². The quantitative estimate of drug-likeness (QED) is 0.00721. The third kappa shape index (κ3) is 38.8. The second-order valence-electron chi connectivity index (χ2n) is 22.0. The van der Waals surface area contributed by atoms with Crippen LogP contribution < -0.4 is 70.4 Å². The Kier molecular flexibility index (Phi) is 42.5. The number of carbonyl (C=O) groups excluding carboxylic acids is 12. The fourth-order valence-corrected chi connectivity index (χ4v) is 9.22. The molecule has 40 heteroatoms. The molecule has 0 bridgehead atoms. The van der Waals surface area contributed by atoms with Gasteiger partial charge >= 0.3 is 5.97 Å². The van der Waals surface area contributed by atoms with Crippen molar-refractivity contribution in [2.75, 3.05) is 119 Å². The lowest BCUT2D eigenvalue weighted by molar-refractivity contribution is -0.198. The number of hydroxylamine groups is 2. The number of primary amides is 1. The molecular weight excluding hydrogens is 1320 g/mol. The van der Waals surface area contributed by atoms with Crippen LogP contribution in [0.2, 0.25) is 0 Å². The first-order valence-electron chi connectivity index (χ1n) is 31.5. The Labute approximate surface area is 566 Å². The van der Waals surface area contributed by atoms with E-state index in [2.05, 4.69) is 58.0 Å². The van der Waals surface area contributed by atoms with Crippen molar-refractivity contribution in [3.63, 3.8) is 0 Å². The zero-order valence-corrected chi connectivity index (χ0v) is 56.1. The summed E-state index contributed by atoms with van der Waals surface area (Å²) < 4.78 is 68.9. The monoisotopic (exact) mass is 1420 g/mol. The second kappa shape index (κ2) is 48.9. The Bertz CT molecular complexity index is 2860. The largest absolute Gasteiger partial charge is 0.379 e. The summed E-state index contributed by atoms with van der Waals surface area (Å²) in [5.74, 6) is -11.1. The minimum Gasteiger partial charge on any atom is -0.379 e. The molecule has 1 unspecified atom stereocenters. The fraction of sp³-hybridized carbons (Fsp3) is 0.655. The SMILES string of the molecule is CC[C@H](NC(=O)CNC(=O)[C@H](CCCNC(=N)N)NC(=O)[C@H](Cc1ccccc1)NC(=O)[C@H](CC(C)C)NC(=O)CNC(=O)[C@H](CCCNC(=N)N)NC(=O)CNC(=O)CCOCCOCCOCCOCOCCOCCOCCC(=O)ON1C(=O)CC(S(=O)(=O)O)C1=O)C(N)=O. The molecular formula is C58H96N16O23S. The van der Waals surface area contributed by atoms with Gasteiger partial charge in [-0.05, 0) is 50.0 Å². The Morgan fingerprint density at radius 2 is 0.980 bits per heavy atom. The summed E-state index contributed by atoms with van der Waals surface area (Å²) in [4.78, 5) is 159. The molecule has 1 aliphatic rings. The molecule has 0 spiro atoms. The number of hydrogen-bond donors (Lipinski definition) is 16. The Balaban J connectivity index is 1.77. The number of nitrogens with two attached hydrogens (primary N) is 3. The van der Waals surface area contributed by atoms with Gasteiger partial charge < -0.3 is 108 Å². The van der Waals surface area contributed by atoms with Crippen LogP contribution in [0.25, 0.3) is 0 Å². The lowest BCUT2D eigenvalue weighted by Crippen LogP contribution is -2.58.